The number of nitrogens with zero attached hydrogens (tertiary/aromatic N) is 1. The van der Waals surface area contributed by atoms with Gasteiger partial charge in [-0.25, -0.2) is 12.8 Å². The summed E-state index contributed by atoms with van der Waals surface area (Å²) in [6, 6.07) is 11.4. The highest BCUT2D eigenvalue weighted by atomic mass is 32.2. The zero-order chi connectivity index (χ0) is 25.3. The van der Waals surface area contributed by atoms with Gasteiger partial charge in [0.05, 0.1) is 30.8 Å². The summed E-state index contributed by atoms with van der Waals surface area (Å²) in [5.74, 6) is -1.01. The van der Waals surface area contributed by atoms with E-state index in [1.165, 1.54) is 22.5 Å². The van der Waals surface area contributed by atoms with Crippen molar-refractivity contribution < 1.29 is 27.1 Å². The molecule has 7 nitrogen and oxygen atoms in total. The number of halogens is 1. The lowest BCUT2D eigenvalue weighted by Crippen LogP contribution is -2.36. The smallest absolute Gasteiger partial charge is 0.249 e. The summed E-state index contributed by atoms with van der Waals surface area (Å²) < 4.78 is 52.7. The van der Waals surface area contributed by atoms with E-state index in [0.29, 0.717) is 37.6 Å². The maximum atomic E-state index is 13.8. The Balaban J connectivity index is 1.68. The topological polar surface area (TPSA) is 84.9 Å². The van der Waals surface area contributed by atoms with E-state index in [1.807, 2.05) is 31.2 Å². The predicted molar refractivity (Wildman–Crippen MR) is 132 cm³/mol. The van der Waals surface area contributed by atoms with E-state index < -0.39 is 21.9 Å². The Morgan fingerprint density at radius 2 is 1.80 bits per heavy atom. The van der Waals surface area contributed by atoms with Crippen LogP contribution < -0.4 is 5.32 Å². The molecule has 3 rings (SSSR count). The van der Waals surface area contributed by atoms with Crippen LogP contribution in [0.2, 0.25) is 0 Å². The van der Waals surface area contributed by atoms with E-state index in [9.17, 15) is 17.6 Å². The second kappa shape index (κ2) is 12.9. The van der Waals surface area contributed by atoms with Gasteiger partial charge in [-0.1, -0.05) is 55.3 Å². The summed E-state index contributed by atoms with van der Waals surface area (Å²) in [6.07, 6.45) is 3.70. The number of carbonyl (C=O) groups is 1. The molecule has 190 valence electrons. The third-order valence-electron chi connectivity index (χ3n) is 5.68. The lowest BCUT2D eigenvalue weighted by Gasteiger charge is -2.27. The van der Waals surface area contributed by atoms with Crippen molar-refractivity contribution in [3.8, 4) is 0 Å². The molecule has 0 saturated carbocycles. The number of amides is 1. The minimum Gasteiger partial charge on any atom is -0.379 e. The van der Waals surface area contributed by atoms with E-state index in [-0.39, 0.29) is 23.9 Å². The average molecular weight is 505 g/mol. The van der Waals surface area contributed by atoms with Gasteiger partial charge < -0.3 is 14.8 Å². The van der Waals surface area contributed by atoms with Crippen LogP contribution in [0, 0.1) is 12.7 Å². The third-order valence-corrected chi connectivity index (χ3v) is 7.50. The molecule has 0 saturated heterocycles. The van der Waals surface area contributed by atoms with Gasteiger partial charge in [-0.2, -0.15) is 4.31 Å². The lowest BCUT2D eigenvalue weighted by molar-refractivity contribution is -0.118. The first-order valence-electron chi connectivity index (χ1n) is 11.8. The van der Waals surface area contributed by atoms with E-state index in [4.69, 9.17) is 9.47 Å². The van der Waals surface area contributed by atoms with Crippen molar-refractivity contribution in [3.05, 3.63) is 77.1 Å². The minimum absolute atomic E-state index is 0.00570. The second-order valence-corrected chi connectivity index (χ2v) is 10.2. The number of benzene rings is 2. The quantitative estimate of drug-likeness (QED) is 0.420. The molecule has 0 fully saturated rings. The Morgan fingerprint density at radius 3 is 2.49 bits per heavy atom. The molecule has 1 aliphatic rings. The molecule has 0 aromatic heterocycles. The van der Waals surface area contributed by atoms with Crippen LogP contribution in [-0.4, -0.2) is 58.1 Å². The molecule has 1 N–H and O–H groups in total. The zero-order valence-electron chi connectivity index (χ0n) is 20.2. The molecule has 0 aliphatic carbocycles. The van der Waals surface area contributed by atoms with Crippen LogP contribution in [0.3, 0.4) is 0 Å². The average Bonchev–Trinajstić information content (AvgIpc) is 3.29. The van der Waals surface area contributed by atoms with Crippen LogP contribution in [0.25, 0.3) is 0 Å². The molecule has 0 spiro atoms. The Hall–Kier alpha value is -2.59. The lowest BCUT2D eigenvalue weighted by atomic mass is 9.99. The molecule has 2 aromatic carbocycles. The number of nitrogens with one attached hydrogen (secondary N) is 1. The number of ether oxygens (including phenoxy) is 2. The fraction of sp³-hybridized carbons (Fsp3) is 0.423. The summed E-state index contributed by atoms with van der Waals surface area (Å²) in [6.45, 7) is 6.28. The molecule has 35 heavy (non-hydrogen) atoms. The van der Waals surface area contributed by atoms with Crippen LogP contribution in [0.1, 0.15) is 36.9 Å². The van der Waals surface area contributed by atoms with E-state index in [0.717, 1.165) is 24.5 Å². The number of sulfonamides is 1. The van der Waals surface area contributed by atoms with Gasteiger partial charge in [0.25, 0.3) is 0 Å². The first-order valence-corrected chi connectivity index (χ1v) is 13.3. The molecule has 1 atom stereocenters. The van der Waals surface area contributed by atoms with Crippen molar-refractivity contribution >= 4 is 15.9 Å². The summed E-state index contributed by atoms with van der Waals surface area (Å²) in [7, 11) is -4.05. The van der Waals surface area contributed by atoms with E-state index in [2.05, 4.69) is 12.2 Å². The number of aryl methyl sites for hydroxylation is 1. The van der Waals surface area contributed by atoms with Crippen LogP contribution in [0.5, 0.6) is 0 Å². The molecule has 0 radical (unpaired) electrons. The molecular weight excluding hydrogens is 471 g/mol. The minimum atomic E-state index is -4.05. The van der Waals surface area contributed by atoms with Crippen molar-refractivity contribution in [1.82, 2.24) is 9.62 Å². The van der Waals surface area contributed by atoms with Gasteiger partial charge in [0.1, 0.15) is 5.82 Å². The van der Waals surface area contributed by atoms with Gasteiger partial charge in [-0.15, -0.1) is 0 Å². The Labute approximate surface area is 207 Å². The molecule has 1 amide bonds. The fourth-order valence-electron chi connectivity index (χ4n) is 3.78. The van der Waals surface area contributed by atoms with Crippen LogP contribution in [0.15, 0.2) is 65.1 Å². The predicted octanol–water partition coefficient (Wildman–Crippen LogP) is 3.76. The summed E-state index contributed by atoms with van der Waals surface area (Å²) in [4.78, 5) is 12.9. The Bertz CT molecular complexity index is 1120. The number of carbonyl (C=O) groups excluding carboxylic acids is 1. The van der Waals surface area contributed by atoms with Crippen molar-refractivity contribution in [2.75, 3.05) is 39.5 Å². The number of unbranched alkanes of at least 4 members (excludes halogenated alkanes) is 1. The van der Waals surface area contributed by atoms with E-state index >= 15 is 0 Å². The van der Waals surface area contributed by atoms with Gasteiger partial charge in [0.15, 0.2) is 0 Å². The molecule has 1 unspecified atom stereocenters. The summed E-state index contributed by atoms with van der Waals surface area (Å²) >= 11 is 0. The standard InChI is InChI=1S/C26H33FN2O5S/c1-3-4-15-33-17-18-34-16-13-28-26(30)24-12-14-29(25(24)21-10-8-20(2)9-11-21)35(31,32)23-7-5-6-22(27)19-23/h5-12,19,25H,3-4,13-18H2,1-2H3,(H,28,30). The van der Waals surface area contributed by atoms with Gasteiger partial charge >= 0.3 is 0 Å². The van der Waals surface area contributed by atoms with Crippen molar-refractivity contribution in [1.29, 1.82) is 0 Å². The van der Waals surface area contributed by atoms with Crippen LogP contribution >= 0.6 is 0 Å². The SMILES string of the molecule is CCCCOCCOCCNC(=O)C1=CCN(S(=O)(=O)c2cccc(F)c2)C1c1ccc(C)cc1. The maximum Gasteiger partial charge on any atom is 0.249 e. The van der Waals surface area contributed by atoms with Crippen LogP contribution in [0.4, 0.5) is 4.39 Å². The van der Waals surface area contributed by atoms with Gasteiger partial charge in [-0.3, -0.25) is 4.79 Å². The third kappa shape index (κ3) is 7.20. The van der Waals surface area contributed by atoms with Crippen molar-refractivity contribution in [3.63, 3.8) is 0 Å². The molecular formula is C26H33FN2O5S. The Morgan fingerprint density at radius 1 is 1.09 bits per heavy atom. The van der Waals surface area contributed by atoms with Crippen molar-refractivity contribution in [2.45, 2.75) is 37.6 Å². The monoisotopic (exact) mass is 504 g/mol. The first-order chi connectivity index (χ1) is 16.8. The van der Waals surface area contributed by atoms with E-state index in [1.54, 1.807) is 6.08 Å². The largest absolute Gasteiger partial charge is 0.379 e. The zero-order valence-corrected chi connectivity index (χ0v) is 21.0. The van der Waals surface area contributed by atoms with Crippen molar-refractivity contribution in [2.24, 2.45) is 0 Å². The van der Waals surface area contributed by atoms with Gasteiger partial charge in [-0.05, 0) is 37.1 Å². The maximum absolute atomic E-state index is 13.8. The normalized spacial score (nSPS) is 16.3. The molecule has 0 bridgehead atoms. The molecule has 1 heterocycles. The molecule has 1 aliphatic heterocycles. The highest BCUT2D eigenvalue weighted by Crippen LogP contribution is 2.37. The number of rotatable bonds is 13. The van der Waals surface area contributed by atoms with Gasteiger partial charge in [0.2, 0.25) is 15.9 Å². The summed E-state index contributed by atoms with van der Waals surface area (Å²) in [5.41, 5.74) is 2.00. The highest BCUT2D eigenvalue weighted by Gasteiger charge is 2.40. The molecule has 9 heteroatoms. The number of hydrogen-bond acceptors (Lipinski definition) is 5. The fourth-order valence-corrected chi connectivity index (χ4v) is 5.35. The van der Waals surface area contributed by atoms with Gasteiger partial charge in [0, 0.05) is 25.3 Å². The highest BCUT2D eigenvalue weighted by molar-refractivity contribution is 7.89. The Kier molecular flexibility index (Phi) is 9.97. The second-order valence-electron chi connectivity index (χ2n) is 8.34. The first kappa shape index (κ1) is 27.0. The molecule has 2 aromatic rings. The summed E-state index contributed by atoms with van der Waals surface area (Å²) in [5, 5.41) is 2.81. The number of hydrogen-bond donors (Lipinski definition) is 1. The van der Waals surface area contributed by atoms with Crippen LogP contribution in [-0.2, 0) is 24.3 Å².